The van der Waals surface area contributed by atoms with E-state index in [2.05, 4.69) is 31.2 Å². The van der Waals surface area contributed by atoms with Crippen LogP contribution in [0.25, 0.3) is 0 Å². The number of hydrogen-bond acceptors (Lipinski definition) is 4. The molecule has 148 valence electrons. The first-order chi connectivity index (χ1) is 13.0. The van der Waals surface area contributed by atoms with Gasteiger partial charge < -0.3 is 20.4 Å². The zero-order chi connectivity index (χ0) is 20.0. The van der Waals surface area contributed by atoms with Crippen LogP contribution in [0.15, 0.2) is 42.5 Å². The van der Waals surface area contributed by atoms with Crippen molar-refractivity contribution in [1.82, 2.24) is 0 Å². The van der Waals surface area contributed by atoms with Gasteiger partial charge in [-0.25, -0.2) is 0 Å². The number of hydrogen-bond donors (Lipinski definition) is 4. The Hall–Kier alpha value is -1.88. The SMILES string of the molecule is CC.Cc1ccc(Cc2ccc(O)c(C3CC(CO)CC(O)C3O)c2)cc1. The summed E-state index contributed by atoms with van der Waals surface area (Å²) in [5.74, 6) is -0.315. The summed E-state index contributed by atoms with van der Waals surface area (Å²) in [7, 11) is 0. The lowest BCUT2D eigenvalue weighted by atomic mass is 9.74. The Kier molecular flexibility index (Phi) is 7.84. The second-order valence-corrected chi connectivity index (χ2v) is 7.24. The van der Waals surface area contributed by atoms with E-state index in [9.17, 15) is 20.4 Å². The van der Waals surface area contributed by atoms with Gasteiger partial charge in [-0.2, -0.15) is 0 Å². The summed E-state index contributed by atoms with van der Waals surface area (Å²) < 4.78 is 0. The van der Waals surface area contributed by atoms with Crippen LogP contribution in [0.3, 0.4) is 0 Å². The molecule has 27 heavy (non-hydrogen) atoms. The molecule has 0 amide bonds. The highest BCUT2D eigenvalue weighted by atomic mass is 16.3. The molecule has 2 aromatic carbocycles. The van der Waals surface area contributed by atoms with Crippen LogP contribution in [0.4, 0.5) is 0 Å². The van der Waals surface area contributed by atoms with Crippen molar-refractivity contribution in [3.05, 3.63) is 64.7 Å². The van der Waals surface area contributed by atoms with Gasteiger partial charge in [0.15, 0.2) is 0 Å². The van der Waals surface area contributed by atoms with Crippen LogP contribution in [0.2, 0.25) is 0 Å². The summed E-state index contributed by atoms with van der Waals surface area (Å²) in [5, 5.41) is 40.2. The fourth-order valence-corrected chi connectivity index (χ4v) is 3.76. The van der Waals surface area contributed by atoms with Crippen molar-refractivity contribution in [2.45, 2.75) is 58.2 Å². The first-order valence-electron chi connectivity index (χ1n) is 9.82. The van der Waals surface area contributed by atoms with Crippen LogP contribution in [0.1, 0.15) is 54.9 Å². The maximum absolute atomic E-state index is 10.4. The first kappa shape index (κ1) is 21.4. The number of phenols is 1. The molecule has 0 bridgehead atoms. The minimum absolute atomic E-state index is 0.0237. The molecule has 1 aliphatic carbocycles. The Balaban J connectivity index is 0.00000126. The Morgan fingerprint density at radius 2 is 1.56 bits per heavy atom. The molecule has 1 fully saturated rings. The van der Waals surface area contributed by atoms with Gasteiger partial charge in [-0.3, -0.25) is 0 Å². The highest BCUT2D eigenvalue weighted by molar-refractivity contribution is 5.41. The third-order valence-electron chi connectivity index (χ3n) is 5.25. The average Bonchev–Trinajstić information content (AvgIpc) is 2.69. The number of phenolic OH excluding ortho intramolecular Hbond substituents is 1. The van der Waals surface area contributed by atoms with E-state index in [1.54, 1.807) is 6.07 Å². The third-order valence-corrected chi connectivity index (χ3v) is 5.25. The zero-order valence-electron chi connectivity index (χ0n) is 16.5. The lowest BCUT2D eigenvalue weighted by molar-refractivity contribution is -0.0475. The number of benzene rings is 2. The summed E-state index contributed by atoms with van der Waals surface area (Å²) in [6.45, 7) is 6.03. The molecule has 0 aliphatic heterocycles. The maximum Gasteiger partial charge on any atom is 0.119 e. The lowest BCUT2D eigenvalue weighted by Crippen LogP contribution is -2.40. The zero-order valence-corrected chi connectivity index (χ0v) is 16.5. The fraction of sp³-hybridized carbons (Fsp3) is 0.478. The van der Waals surface area contributed by atoms with E-state index < -0.39 is 12.2 Å². The largest absolute Gasteiger partial charge is 0.508 e. The van der Waals surface area contributed by atoms with E-state index in [4.69, 9.17) is 0 Å². The predicted molar refractivity (Wildman–Crippen MR) is 108 cm³/mol. The van der Waals surface area contributed by atoms with Crippen molar-refractivity contribution >= 4 is 0 Å². The highest BCUT2D eigenvalue weighted by Crippen LogP contribution is 2.40. The molecule has 0 heterocycles. The van der Waals surface area contributed by atoms with Crippen LogP contribution in [0, 0.1) is 12.8 Å². The normalized spacial score (nSPS) is 24.8. The van der Waals surface area contributed by atoms with Gasteiger partial charge in [0.25, 0.3) is 0 Å². The molecule has 4 heteroatoms. The molecule has 0 spiro atoms. The third kappa shape index (κ3) is 5.32. The van der Waals surface area contributed by atoms with Crippen LogP contribution >= 0.6 is 0 Å². The molecule has 4 N–H and O–H groups in total. The van der Waals surface area contributed by atoms with E-state index in [1.807, 2.05) is 26.0 Å². The molecular weight excluding hydrogens is 340 g/mol. The second-order valence-electron chi connectivity index (χ2n) is 7.24. The Morgan fingerprint density at radius 3 is 2.19 bits per heavy atom. The van der Waals surface area contributed by atoms with Gasteiger partial charge in [0, 0.05) is 12.5 Å². The number of aryl methyl sites for hydroxylation is 1. The summed E-state index contributed by atoms with van der Waals surface area (Å²) in [6, 6.07) is 13.8. The highest BCUT2D eigenvalue weighted by Gasteiger charge is 2.37. The van der Waals surface area contributed by atoms with Gasteiger partial charge in [0.1, 0.15) is 5.75 Å². The molecule has 0 radical (unpaired) electrons. The topological polar surface area (TPSA) is 80.9 Å². The molecule has 1 aliphatic rings. The van der Waals surface area contributed by atoms with Crippen LogP contribution < -0.4 is 0 Å². The predicted octanol–water partition coefficient (Wildman–Crippen LogP) is 3.53. The van der Waals surface area contributed by atoms with Crippen molar-refractivity contribution in [2.75, 3.05) is 6.61 Å². The summed E-state index contributed by atoms with van der Waals surface area (Å²) in [4.78, 5) is 0. The molecule has 4 nitrogen and oxygen atoms in total. The van der Waals surface area contributed by atoms with Gasteiger partial charge >= 0.3 is 0 Å². The summed E-state index contributed by atoms with van der Waals surface area (Å²) in [5.41, 5.74) is 4.09. The van der Waals surface area contributed by atoms with E-state index in [-0.39, 0.29) is 24.2 Å². The van der Waals surface area contributed by atoms with E-state index in [1.165, 1.54) is 11.1 Å². The number of aliphatic hydroxyl groups is 3. The molecule has 4 unspecified atom stereocenters. The minimum atomic E-state index is -0.927. The van der Waals surface area contributed by atoms with Gasteiger partial charge in [-0.1, -0.05) is 55.8 Å². The second kappa shape index (κ2) is 9.88. The molecule has 0 aromatic heterocycles. The Bertz CT molecular complexity index is 711. The van der Waals surface area contributed by atoms with Crippen molar-refractivity contribution in [3.8, 4) is 5.75 Å². The minimum Gasteiger partial charge on any atom is -0.508 e. The number of aliphatic hydroxyl groups excluding tert-OH is 3. The molecule has 2 aromatic rings. The van der Waals surface area contributed by atoms with Gasteiger partial charge in [0.05, 0.1) is 12.2 Å². The van der Waals surface area contributed by atoms with Crippen LogP contribution in [-0.2, 0) is 6.42 Å². The average molecular weight is 373 g/mol. The molecule has 3 rings (SSSR count). The summed E-state index contributed by atoms with van der Waals surface area (Å²) in [6.07, 6.45) is -0.129. The molecule has 4 atom stereocenters. The van der Waals surface area contributed by atoms with E-state index >= 15 is 0 Å². The lowest BCUT2D eigenvalue weighted by Gasteiger charge is -2.36. The van der Waals surface area contributed by atoms with Gasteiger partial charge in [-0.15, -0.1) is 0 Å². The first-order valence-corrected chi connectivity index (χ1v) is 9.82. The molecule has 0 saturated heterocycles. The molecular formula is C23H32O4. The van der Waals surface area contributed by atoms with Crippen molar-refractivity contribution < 1.29 is 20.4 Å². The monoisotopic (exact) mass is 372 g/mol. The van der Waals surface area contributed by atoms with Crippen molar-refractivity contribution in [3.63, 3.8) is 0 Å². The standard InChI is InChI=1S/C21H26O4.C2H6/c1-13-2-4-14(5-3-13)8-15-6-7-19(23)17(9-15)18-10-16(12-22)11-20(24)21(18)25;1-2/h2-7,9,16,18,20-25H,8,10-12H2,1H3;1-2H3. The smallest absolute Gasteiger partial charge is 0.119 e. The van der Waals surface area contributed by atoms with Crippen LogP contribution in [-0.4, -0.2) is 39.2 Å². The van der Waals surface area contributed by atoms with Gasteiger partial charge in [-0.05, 0) is 54.9 Å². The van der Waals surface area contributed by atoms with E-state index in [0.29, 0.717) is 18.4 Å². The number of rotatable bonds is 4. The summed E-state index contributed by atoms with van der Waals surface area (Å²) >= 11 is 0. The van der Waals surface area contributed by atoms with Crippen LogP contribution in [0.5, 0.6) is 5.75 Å². The maximum atomic E-state index is 10.4. The fourth-order valence-electron chi connectivity index (χ4n) is 3.76. The van der Waals surface area contributed by atoms with Crippen molar-refractivity contribution in [1.29, 1.82) is 0 Å². The van der Waals surface area contributed by atoms with E-state index in [0.717, 1.165) is 12.0 Å². The number of aromatic hydroxyl groups is 1. The molecule has 1 saturated carbocycles. The van der Waals surface area contributed by atoms with Crippen molar-refractivity contribution in [2.24, 2.45) is 5.92 Å². The Labute approximate surface area is 162 Å². The quantitative estimate of drug-likeness (QED) is 0.662. The van der Waals surface area contributed by atoms with Gasteiger partial charge in [0.2, 0.25) is 0 Å². The Morgan fingerprint density at radius 1 is 0.926 bits per heavy atom.